The Balaban J connectivity index is 2.87. The molecule has 1 aromatic carbocycles. The van der Waals surface area contributed by atoms with Crippen molar-refractivity contribution in [2.75, 3.05) is 13.1 Å². The highest BCUT2D eigenvalue weighted by atomic mass is 16.6. The second kappa shape index (κ2) is 6.08. The highest BCUT2D eigenvalue weighted by Gasteiger charge is 2.39. The molecule has 17 heavy (non-hydrogen) atoms. The first-order valence-electron chi connectivity index (χ1n) is 5.64. The summed E-state index contributed by atoms with van der Waals surface area (Å²) in [5.41, 5.74) is -0.543. The Hall–Kier alpha value is -1.78. The van der Waals surface area contributed by atoms with Crippen LogP contribution in [0.25, 0.3) is 0 Å². The molecule has 5 nitrogen and oxygen atoms in total. The average Bonchev–Trinajstić information content (AvgIpc) is 2.35. The van der Waals surface area contributed by atoms with Crippen molar-refractivity contribution in [3.05, 3.63) is 46.0 Å². The van der Waals surface area contributed by atoms with Crippen molar-refractivity contribution in [2.24, 2.45) is 10.2 Å². The van der Waals surface area contributed by atoms with Crippen molar-refractivity contribution in [3.63, 3.8) is 0 Å². The number of azo groups is 1. The monoisotopic (exact) mass is 235 g/mol. The van der Waals surface area contributed by atoms with E-state index in [1.165, 1.54) is 0 Å². The number of hydrogen-bond acceptors (Lipinski definition) is 4. The van der Waals surface area contributed by atoms with Gasteiger partial charge in [-0.25, -0.2) is 0 Å². The quantitative estimate of drug-likeness (QED) is 0.432. The van der Waals surface area contributed by atoms with Crippen molar-refractivity contribution >= 4 is 0 Å². The Morgan fingerprint density at radius 1 is 1.29 bits per heavy atom. The van der Waals surface area contributed by atoms with E-state index in [9.17, 15) is 10.1 Å². The SMILES string of the molecule is CCCN=NCC(C)(c1ccccc1)[N+](=O)[O-]. The normalized spacial score (nSPS) is 14.7. The predicted octanol–water partition coefficient (Wildman–Crippen LogP) is 3.04. The summed E-state index contributed by atoms with van der Waals surface area (Å²) in [6.45, 7) is 4.25. The van der Waals surface area contributed by atoms with Gasteiger partial charge in [0.25, 0.3) is 5.54 Å². The number of hydrogen-bond donors (Lipinski definition) is 0. The molecule has 0 bridgehead atoms. The molecule has 0 aromatic heterocycles. The molecule has 1 rings (SSSR count). The highest BCUT2D eigenvalue weighted by molar-refractivity contribution is 5.21. The van der Waals surface area contributed by atoms with Crippen molar-refractivity contribution in [1.29, 1.82) is 0 Å². The number of benzene rings is 1. The molecule has 1 aromatic rings. The molecule has 0 N–H and O–H groups in total. The van der Waals surface area contributed by atoms with Crippen LogP contribution in [-0.2, 0) is 5.54 Å². The van der Waals surface area contributed by atoms with Gasteiger partial charge in [-0.15, -0.1) is 0 Å². The van der Waals surface area contributed by atoms with E-state index in [0.717, 1.165) is 6.42 Å². The molecule has 0 spiro atoms. The molecule has 92 valence electrons. The van der Waals surface area contributed by atoms with Gasteiger partial charge in [0.1, 0.15) is 6.54 Å². The lowest BCUT2D eigenvalue weighted by atomic mass is 9.93. The molecule has 5 heteroatoms. The Morgan fingerprint density at radius 2 is 1.94 bits per heavy atom. The van der Waals surface area contributed by atoms with Crippen LogP contribution in [0.5, 0.6) is 0 Å². The van der Waals surface area contributed by atoms with Crippen LogP contribution in [0.15, 0.2) is 40.6 Å². The van der Waals surface area contributed by atoms with Crippen LogP contribution in [0.2, 0.25) is 0 Å². The minimum atomic E-state index is -1.20. The Bertz CT molecular complexity index is 392. The van der Waals surface area contributed by atoms with E-state index in [4.69, 9.17) is 0 Å². The van der Waals surface area contributed by atoms with E-state index in [2.05, 4.69) is 10.2 Å². The second-order valence-electron chi connectivity index (χ2n) is 4.06. The van der Waals surface area contributed by atoms with Crippen LogP contribution < -0.4 is 0 Å². The molecule has 0 aliphatic heterocycles. The first-order chi connectivity index (χ1) is 8.11. The van der Waals surface area contributed by atoms with Crippen LogP contribution in [0.4, 0.5) is 0 Å². The maximum atomic E-state index is 11.2. The summed E-state index contributed by atoms with van der Waals surface area (Å²) >= 11 is 0. The van der Waals surface area contributed by atoms with Gasteiger partial charge in [-0.3, -0.25) is 10.1 Å². The van der Waals surface area contributed by atoms with Gasteiger partial charge in [0.15, 0.2) is 0 Å². The highest BCUT2D eigenvalue weighted by Crippen LogP contribution is 2.24. The van der Waals surface area contributed by atoms with Gasteiger partial charge in [0.05, 0.1) is 6.54 Å². The minimum Gasteiger partial charge on any atom is -0.264 e. The third-order valence-electron chi connectivity index (χ3n) is 2.60. The summed E-state index contributed by atoms with van der Waals surface area (Å²) in [5.74, 6) is 0. The molecule has 0 fully saturated rings. The summed E-state index contributed by atoms with van der Waals surface area (Å²) in [5, 5.41) is 19.0. The van der Waals surface area contributed by atoms with Crippen molar-refractivity contribution in [2.45, 2.75) is 25.8 Å². The summed E-state index contributed by atoms with van der Waals surface area (Å²) in [4.78, 5) is 10.9. The summed E-state index contributed by atoms with van der Waals surface area (Å²) in [7, 11) is 0. The molecule has 0 saturated heterocycles. The fraction of sp³-hybridized carbons (Fsp3) is 0.500. The third kappa shape index (κ3) is 3.34. The molecule has 0 saturated carbocycles. The molecule has 0 aliphatic rings. The molecule has 1 atom stereocenters. The van der Waals surface area contributed by atoms with E-state index in [-0.39, 0.29) is 11.5 Å². The topological polar surface area (TPSA) is 67.9 Å². The smallest absolute Gasteiger partial charge is 0.264 e. The van der Waals surface area contributed by atoms with E-state index < -0.39 is 5.54 Å². The fourth-order valence-electron chi connectivity index (χ4n) is 1.41. The van der Waals surface area contributed by atoms with E-state index >= 15 is 0 Å². The summed E-state index contributed by atoms with van der Waals surface area (Å²) in [6.07, 6.45) is 0.893. The Labute approximate surface area is 101 Å². The molecule has 0 heterocycles. The fourth-order valence-corrected chi connectivity index (χ4v) is 1.41. The lowest BCUT2D eigenvalue weighted by Gasteiger charge is -2.18. The molecule has 0 aliphatic carbocycles. The number of nitro groups is 1. The maximum Gasteiger partial charge on any atom is 0.265 e. The first kappa shape index (κ1) is 13.3. The van der Waals surface area contributed by atoms with Crippen molar-refractivity contribution in [3.8, 4) is 0 Å². The van der Waals surface area contributed by atoms with Crippen LogP contribution in [0.1, 0.15) is 25.8 Å². The Morgan fingerprint density at radius 3 is 2.47 bits per heavy atom. The van der Waals surface area contributed by atoms with Crippen LogP contribution in [0.3, 0.4) is 0 Å². The van der Waals surface area contributed by atoms with Crippen molar-refractivity contribution < 1.29 is 4.92 Å². The van der Waals surface area contributed by atoms with Gasteiger partial charge in [-0.1, -0.05) is 37.3 Å². The maximum absolute atomic E-state index is 11.2. The van der Waals surface area contributed by atoms with E-state index in [0.29, 0.717) is 12.1 Å². The van der Waals surface area contributed by atoms with Gasteiger partial charge in [0, 0.05) is 17.4 Å². The largest absolute Gasteiger partial charge is 0.265 e. The first-order valence-corrected chi connectivity index (χ1v) is 5.64. The lowest BCUT2D eigenvalue weighted by molar-refractivity contribution is -0.571. The minimum absolute atomic E-state index is 0.0734. The predicted molar refractivity (Wildman–Crippen MR) is 65.7 cm³/mol. The molecule has 0 amide bonds. The molecular weight excluding hydrogens is 218 g/mol. The number of rotatable bonds is 6. The molecule has 0 radical (unpaired) electrons. The number of nitrogens with zero attached hydrogens (tertiary/aromatic N) is 3. The van der Waals surface area contributed by atoms with Gasteiger partial charge < -0.3 is 0 Å². The van der Waals surface area contributed by atoms with Gasteiger partial charge in [-0.05, 0) is 6.42 Å². The zero-order chi connectivity index (χ0) is 12.7. The van der Waals surface area contributed by atoms with Crippen LogP contribution >= 0.6 is 0 Å². The third-order valence-corrected chi connectivity index (χ3v) is 2.60. The zero-order valence-electron chi connectivity index (χ0n) is 10.2. The van der Waals surface area contributed by atoms with Gasteiger partial charge in [0.2, 0.25) is 0 Å². The van der Waals surface area contributed by atoms with Crippen LogP contribution in [-0.4, -0.2) is 18.0 Å². The standard InChI is InChI=1S/C12H17N3O2/c1-3-9-13-14-10-12(2,15(16)17)11-7-5-4-6-8-11/h4-8H,3,9-10H2,1-2H3. The van der Waals surface area contributed by atoms with Gasteiger partial charge in [-0.2, -0.15) is 10.2 Å². The molecular formula is C12H17N3O2. The average molecular weight is 235 g/mol. The summed E-state index contributed by atoms with van der Waals surface area (Å²) in [6, 6.07) is 8.92. The van der Waals surface area contributed by atoms with E-state index in [1.54, 1.807) is 31.2 Å². The second-order valence-corrected chi connectivity index (χ2v) is 4.06. The van der Waals surface area contributed by atoms with Gasteiger partial charge >= 0.3 is 0 Å². The van der Waals surface area contributed by atoms with E-state index in [1.807, 2.05) is 13.0 Å². The Kier molecular flexibility index (Phi) is 4.75. The zero-order valence-corrected chi connectivity index (χ0v) is 10.2. The molecule has 1 unspecified atom stereocenters. The van der Waals surface area contributed by atoms with Crippen LogP contribution in [0, 0.1) is 10.1 Å². The lowest BCUT2D eigenvalue weighted by Crippen LogP contribution is -2.35. The van der Waals surface area contributed by atoms with Crippen molar-refractivity contribution in [1.82, 2.24) is 0 Å². The summed E-state index contributed by atoms with van der Waals surface area (Å²) < 4.78 is 0.